The molecule has 0 saturated heterocycles. The minimum absolute atomic E-state index is 0.179. The van der Waals surface area contributed by atoms with Crippen LogP contribution in [0.5, 0.6) is 0 Å². The van der Waals surface area contributed by atoms with Gasteiger partial charge in [-0.2, -0.15) is 0 Å². The van der Waals surface area contributed by atoms with Crippen molar-refractivity contribution in [2.45, 2.75) is 83.2 Å². The van der Waals surface area contributed by atoms with Gasteiger partial charge in [0.15, 0.2) is 0 Å². The predicted molar refractivity (Wildman–Crippen MR) is 115 cm³/mol. The Bertz CT molecular complexity index is 785. The van der Waals surface area contributed by atoms with E-state index in [1.807, 2.05) is 0 Å². The average Bonchev–Trinajstić information content (AvgIpc) is 2.99. The van der Waals surface area contributed by atoms with Crippen LogP contribution in [0.3, 0.4) is 0 Å². The maximum Gasteiger partial charge on any atom is 0.224 e. The van der Waals surface area contributed by atoms with Crippen molar-refractivity contribution in [1.29, 1.82) is 0 Å². The Hall–Kier alpha value is -1.29. The molecule has 1 aromatic carbocycles. The molecule has 2 aromatic rings. The van der Waals surface area contributed by atoms with Gasteiger partial charge in [0.05, 0.1) is 6.42 Å². The minimum Gasteiger partial charge on any atom is -0.353 e. The van der Waals surface area contributed by atoms with Gasteiger partial charge in [0.2, 0.25) is 5.91 Å². The molecule has 2 saturated carbocycles. The van der Waals surface area contributed by atoms with Crippen molar-refractivity contribution in [3.63, 3.8) is 0 Å². The van der Waals surface area contributed by atoms with Crippen LogP contribution in [0.2, 0.25) is 0 Å². The lowest BCUT2D eigenvalue weighted by Gasteiger charge is -2.22. The standard InChI is InChI=1S/C23H31BrN2O/c24-19-11-12-22-21(14-19)18(13-23(27)25-20-9-5-2-6-10-20)16-26(22)15-17-7-3-1-4-8-17/h11-12,14,16-17,20H,1-10,13,15H2,(H,25,27). The highest BCUT2D eigenvalue weighted by Gasteiger charge is 2.19. The summed E-state index contributed by atoms with van der Waals surface area (Å²) in [5.41, 5.74) is 2.43. The van der Waals surface area contributed by atoms with Crippen LogP contribution in [0.15, 0.2) is 28.9 Å². The molecule has 0 atom stereocenters. The first-order chi connectivity index (χ1) is 13.2. The summed E-state index contributed by atoms with van der Waals surface area (Å²) in [5, 5.41) is 4.50. The second-order valence-electron chi connectivity index (χ2n) is 8.55. The van der Waals surface area contributed by atoms with Crippen molar-refractivity contribution in [3.05, 3.63) is 34.4 Å². The van der Waals surface area contributed by atoms with Crippen molar-refractivity contribution in [2.75, 3.05) is 0 Å². The van der Waals surface area contributed by atoms with Gasteiger partial charge in [-0.3, -0.25) is 4.79 Å². The zero-order valence-electron chi connectivity index (χ0n) is 16.2. The molecule has 3 nitrogen and oxygen atoms in total. The van der Waals surface area contributed by atoms with E-state index < -0.39 is 0 Å². The molecule has 2 aliphatic rings. The van der Waals surface area contributed by atoms with Gasteiger partial charge in [0.25, 0.3) is 0 Å². The lowest BCUT2D eigenvalue weighted by molar-refractivity contribution is -0.121. The number of aromatic nitrogens is 1. The highest BCUT2D eigenvalue weighted by Crippen LogP contribution is 2.30. The van der Waals surface area contributed by atoms with Crippen molar-refractivity contribution in [3.8, 4) is 0 Å². The SMILES string of the molecule is O=C(Cc1cn(CC2CCCCC2)c2ccc(Br)cc12)NC1CCCCC1. The van der Waals surface area contributed by atoms with E-state index in [9.17, 15) is 4.79 Å². The number of amides is 1. The van der Waals surface area contributed by atoms with E-state index in [0.29, 0.717) is 12.5 Å². The summed E-state index contributed by atoms with van der Waals surface area (Å²) in [6, 6.07) is 6.88. The first-order valence-electron chi connectivity index (χ1n) is 10.8. The lowest BCUT2D eigenvalue weighted by atomic mass is 9.89. The summed E-state index contributed by atoms with van der Waals surface area (Å²) in [6.07, 6.45) is 15.6. The van der Waals surface area contributed by atoms with Crippen LogP contribution in [0.25, 0.3) is 10.9 Å². The Morgan fingerprint density at radius 2 is 1.74 bits per heavy atom. The highest BCUT2D eigenvalue weighted by molar-refractivity contribution is 9.10. The fourth-order valence-electron chi connectivity index (χ4n) is 4.98. The van der Waals surface area contributed by atoms with E-state index in [1.54, 1.807) is 0 Å². The Balaban J connectivity index is 1.52. The number of hydrogen-bond donors (Lipinski definition) is 1. The molecule has 0 unspecified atom stereocenters. The van der Waals surface area contributed by atoms with Crippen LogP contribution in [0.1, 0.15) is 69.8 Å². The molecule has 0 spiro atoms. The molecule has 4 rings (SSSR count). The van der Waals surface area contributed by atoms with E-state index in [1.165, 1.54) is 62.3 Å². The van der Waals surface area contributed by atoms with Crippen molar-refractivity contribution < 1.29 is 4.79 Å². The Morgan fingerprint density at radius 3 is 2.48 bits per heavy atom. The number of carbonyl (C=O) groups excluding carboxylic acids is 1. The van der Waals surface area contributed by atoms with Crippen LogP contribution in [-0.2, 0) is 17.8 Å². The van der Waals surface area contributed by atoms with Crippen LogP contribution >= 0.6 is 15.9 Å². The summed E-state index contributed by atoms with van der Waals surface area (Å²) in [6.45, 7) is 1.09. The molecule has 1 N–H and O–H groups in total. The van der Waals surface area contributed by atoms with Crippen molar-refractivity contribution in [1.82, 2.24) is 9.88 Å². The molecular formula is C23H31BrN2O. The third-order valence-corrected chi connectivity index (χ3v) is 6.92. The number of nitrogens with one attached hydrogen (secondary N) is 1. The summed E-state index contributed by atoms with van der Waals surface area (Å²) in [4.78, 5) is 12.7. The highest BCUT2D eigenvalue weighted by atomic mass is 79.9. The Morgan fingerprint density at radius 1 is 1.04 bits per heavy atom. The molecule has 1 heterocycles. The minimum atomic E-state index is 0.179. The van der Waals surface area contributed by atoms with Gasteiger partial charge in [-0.15, -0.1) is 0 Å². The topological polar surface area (TPSA) is 34.0 Å². The summed E-state index contributed by atoms with van der Waals surface area (Å²) < 4.78 is 3.49. The third-order valence-electron chi connectivity index (χ3n) is 6.43. The second kappa shape index (κ2) is 8.81. The van der Waals surface area contributed by atoms with E-state index >= 15 is 0 Å². The monoisotopic (exact) mass is 430 g/mol. The van der Waals surface area contributed by atoms with Gasteiger partial charge in [-0.1, -0.05) is 54.5 Å². The molecule has 2 aliphatic carbocycles. The van der Waals surface area contributed by atoms with Gasteiger partial charge < -0.3 is 9.88 Å². The molecule has 146 valence electrons. The summed E-state index contributed by atoms with van der Waals surface area (Å²) in [7, 11) is 0. The van der Waals surface area contributed by atoms with Crippen molar-refractivity contribution in [2.24, 2.45) is 5.92 Å². The quantitative estimate of drug-likeness (QED) is 0.621. The maximum atomic E-state index is 12.7. The Kier molecular flexibility index (Phi) is 6.21. The van der Waals surface area contributed by atoms with Gasteiger partial charge in [-0.25, -0.2) is 0 Å². The zero-order chi connectivity index (χ0) is 18.6. The molecule has 2 fully saturated rings. The molecule has 0 aliphatic heterocycles. The Labute approximate surface area is 171 Å². The smallest absolute Gasteiger partial charge is 0.224 e. The molecule has 0 bridgehead atoms. The van der Waals surface area contributed by atoms with Gasteiger partial charge in [-0.05, 0) is 55.4 Å². The average molecular weight is 431 g/mol. The molecule has 0 radical (unpaired) electrons. The fraction of sp³-hybridized carbons (Fsp3) is 0.609. The summed E-state index contributed by atoms with van der Waals surface area (Å²) >= 11 is 3.61. The first kappa shape index (κ1) is 19.0. The van der Waals surface area contributed by atoms with Crippen LogP contribution in [0, 0.1) is 5.92 Å². The predicted octanol–water partition coefficient (Wildman–Crippen LogP) is 5.98. The number of fused-ring (bicyclic) bond motifs is 1. The van der Waals surface area contributed by atoms with Crippen molar-refractivity contribution >= 4 is 32.7 Å². The van der Waals surface area contributed by atoms with Gasteiger partial charge in [0.1, 0.15) is 0 Å². The number of benzene rings is 1. The van der Waals surface area contributed by atoms with Gasteiger partial charge in [0, 0.05) is 34.2 Å². The lowest BCUT2D eigenvalue weighted by Crippen LogP contribution is -2.37. The van der Waals surface area contributed by atoms with Gasteiger partial charge >= 0.3 is 0 Å². The number of halogens is 1. The van der Waals surface area contributed by atoms with E-state index in [-0.39, 0.29) is 5.91 Å². The van der Waals surface area contributed by atoms with E-state index in [2.05, 4.69) is 50.2 Å². The molecule has 1 amide bonds. The molecule has 27 heavy (non-hydrogen) atoms. The van der Waals surface area contributed by atoms with Crippen LogP contribution < -0.4 is 5.32 Å². The molecular weight excluding hydrogens is 400 g/mol. The third kappa shape index (κ3) is 4.77. The van der Waals surface area contributed by atoms with E-state index in [0.717, 1.165) is 35.3 Å². The largest absolute Gasteiger partial charge is 0.353 e. The van der Waals surface area contributed by atoms with Crippen LogP contribution in [0.4, 0.5) is 0 Å². The number of carbonyl (C=O) groups is 1. The van der Waals surface area contributed by atoms with Crippen LogP contribution in [-0.4, -0.2) is 16.5 Å². The first-order valence-corrected chi connectivity index (χ1v) is 11.5. The number of nitrogens with zero attached hydrogens (tertiary/aromatic N) is 1. The second-order valence-corrected chi connectivity index (χ2v) is 9.47. The molecule has 1 aromatic heterocycles. The van der Waals surface area contributed by atoms with E-state index in [4.69, 9.17) is 0 Å². The number of hydrogen-bond acceptors (Lipinski definition) is 1. The fourth-order valence-corrected chi connectivity index (χ4v) is 5.34. The zero-order valence-corrected chi connectivity index (χ0v) is 17.8. The maximum absolute atomic E-state index is 12.7. The molecule has 4 heteroatoms. The normalized spacial score (nSPS) is 19.4. The number of rotatable bonds is 5. The summed E-state index contributed by atoms with van der Waals surface area (Å²) in [5.74, 6) is 0.959.